The van der Waals surface area contributed by atoms with Gasteiger partial charge in [0.05, 0.1) is 0 Å². The molecule has 0 saturated carbocycles. The maximum absolute atomic E-state index is 10.8. The Morgan fingerprint density at radius 3 is 2.82 bits per heavy atom. The molecular weight excluding hydrogens is 144 g/mol. The summed E-state index contributed by atoms with van der Waals surface area (Å²) in [7, 11) is 0. The average molecular weight is 152 g/mol. The van der Waals surface area contributed by atoms with Crippen LogP contribution < -0.4 is 10.5 Å². The Labute approximate surface area is 63.8 Å². The smallest absolute Gasteiger partial charge is 0.314 e. The zero-order chi connectivity index (χ0) is 8.43. The average Bonchev–Trinajstić information content (AvgIpc) is 1.94. The third-order valence-corrected chi connectivity index (χ3v) is 1.33. The van der Waals surface area contributed by atoms with Crippen LogP contribution in [0.1, 0.15) is 16.1 Å². The van der Waals surface area contributed by atoms with Crippen molar-refractivity contribution in [3.8, 4) is 0 Å². The molecule has 0 bridgehead atoms. The van der Waals surface area contributed by atoms with E-state index in [4.69, 9.17) is 5.73 Å². The Hall–Kier alpha value is -1.58. The summed E-state index contributed by atoms with van der Waals surface area (Å²) in [5, 5.41) is 10.8. The normalized spacial score (nSPS) is 9.55. The number of aryl methyl sites for hydroxylation is 1. The molecule has 0 radical (unpaired) electrons. The molecule has 0 atom stereocenters. The summed E-state index contributed by atoms with van der Waals surface area (Å²) in [5.74, 6) is -0.705. The van der Waals surface area contributed by atoms with E-state index < -0.39 is 5.91 Å². The number of nitrogens with two attached hydrogens (primary N) is 1. The first-order valence-electron chi connectivity index (χ1n) is 3.11. The molecule has 0 saturated heterocycles. The molecule has 0 aliphatic rings. The topological polar surface area (TPSA) is 70.0 Å². The van der Waals surface area contributed by atoms with Crippen molar-refractivity contribution in [1.82, 2.24) is 0 Å². The van der Waals surface area contributed by atoms with Crippen LogP contribution in [0.15, 0.2) is 18.3 Å². The van der Waals surface area contributed by atoms with Gasteiger partial charge in [-0.2, -0.15) is 4.73 Å². The largest absolute Gasteiger partial charge is 0.618 e. The van der Waals surface area contributed by atoms with Gasteiger partial charge in [0.25, 0.3) is 5.69 Å². The lowest BCUT2D eigenvalue weighted by Gasteiger charge is -2.00. The van der Waals surface area contributed by atoms with Gasteiger partial charge in [-0.3, -0.25) is 4.79 Å². The molecule has 0 aliphatic heterocycles. The number of carbonyl (C=O) groups is 1. The van der Waals surface area contributed by atoms with Crippen molar-refractivity contribution in [1.29, 1.82) is 0 Å². The lowest BCUT2D eigenvalue weighted by atomic mass is 10.2. The van der Waals surface area contributed by atoms with Crippen molar-refractivity contribution in [3.05, 3.63) is 34.8 Å². The van der Waals surface area contributed by atoms with Gasteiger partial charge in [-0.25, -0.2) is 0 Å². The molecule has 58 valence electrons. The van der Waals surface area contributed by atoms with Gasteiger partial charge >= 0.3 is 5.91 Å². The minimum atomic E-state index is -0.705. The van der Waals surface area contributed by atoms with Crippen molar-refractivity contribution >= 4 is 5.91 Å². The number of carbonyl (C=O) groups excluding carboxylic acids is 1. The molecular formula is C7H8N2O2. The molecule has 1 aromatic rings. The van der Waals surface area contributed by atoms with E-state index in [1.165, 1.54) is 12.3 Å². The second-order valence-electron chi connectivity index (χ2n) is 2.28. The molecule has 1 rings (SSSR count). The minimum absolute atomic E-state index is 0.0231. The van der Waals surface area contributed by atoms with Crippen molar-refractivity contribution < 1.29 is 9.52 Å². The van der Waals surface area contributed by atoms with E-state index in [0.717, 1.165) is 5.56 Å². The van der Waals surface area contributed by atoms with Crippen LogP contribution in [-0.2, 0) is 0 Å². The van der Waals surface area contributed by atoms with Crippen LogP contribution in [0.25, 0.3) is 0 Å². The summed E-state index contributed by atoms with van der Waals surface area (Å²) in [5.41, 5.74) is 5.74. The highest BCUT2D eigenvalue weighted by atomic mass is 16.5. The molecule has 4 heteroatoms. The molecule has 0 aromatic carbocycles. The van der Waals surface area contributed by atoms with E-state index in [1.807, 2.05) is 0 Å². The number of primary amides is 1. The molecule has 0 aliphatic carbocycles. The highest BCUT2D eigenvalue weighted by Gasteiger charge is 2.10. The number of pyridine rings is 1. The molecule has 0 spiro atoms. The minimum Gasteiger partial charge on any atom is -0.618 e. The summed E-state index contributed by atoms with van der Waals surface area (Å²) in [6.45, 7) is 1.78. The van der Waals surface area contributed by atoms with Gasteiger partial charge in [0.15, 0.2) is 6.20 Å². The first-order valence-corrected chi connectivity index (χ1v) is 3.11. The number of hydrogen-bond acceptors (Lipinski definition) is 2. The van der Waals surface area contributed by atoms with Crippen LogP contribution in [0, 0.1) is 12.1 Å². The summed E-state index contributed by atoms with van der Waals surface area (Å²) in [6, 6.07) is 3.06. The molecule has 11 heavy (non-hydrogen) atoms. The number of amides is 1. The third-order valence-electron chi connectivity index (χ3n) is 1.33. The van der Waals surface area contributed by atoms with Gasteiger partial charge in [-0.05, 0) is 12.5 Å². The summed E-state index contributed by atoms with van der Waals surface area (Å²) >= 11 is 0. The molecule has 0 fully saturated rings. The first-order chi connectivity index (χ1) is 5.11. The molecule has 2 N–H and O–H groups in total. The Kier molecular flexibility index (Phi) is 1.76. The van der Waals surface area contributed by atoms with Crippen LogP contribution in [-0.4, -0.2) is 5.91 Å². The first kappa shape index (κ1) is 7.53. The monoisotopic (exact) mass is 152 g/mol. The van der Waals surface area contributed by atoms with Crippen LogP contribution in [0.4, 0.5) is 0 Å². The zero-order valence-electron chi connectivity index (χ0n) is 6.07. The van der Waals surface area contributed by atoms with Crippen LogP contribution in [0.2, 0.25) is 0 Å². The zero-order valence-corrected chi connectivity index (χ0v) is 6.07. The SMILES string of the molecule is Cc1cc[n+]([O-])c(C(N)=O)c1. The molecule has 0 unspecified atom stereocenters. The maximum Gasteiger partial charge on any atom is 0.314 e. The Balaban J connectivity index is 3.23. The summed E-state index contributed by atoms with van der Waals surface area (Å²) < 4.78 is 0.454. The maximum atomic E-state index is 10.8. The van der Waals surface area contributed by atoms with Crippen molar-refractivity contribution in [2.75, 3.05) is 0 Å². The fourth-order valence-electron chi connectivity index (χ4n) is 0.773. The molecule has 4 nitrogen and oxygen atoms in total. The van der Waals surface area contributed by atoms with Gasteiger partial charge in [0.1, 0.15) is 0 Å². The fraction of sp³-hybridized carbons (Fsp3) is 0.143. The second kappa shape index (κ2) is 2.57. The number of rotatable bonds is 1. The number of aromatic nitrogens is 1. The van der Waals surface area contributed by atoms with Gasteiger partial charge in [0.2, 0.25) is 0 Å². The van der Waals surface area contributed by atoms with E-state index in [0.29, 0.717) is 4.73 Å². The number of hydrogen-bond donors (Lipinski definition) is 1. The van der Waals surface area contributed by atoms with Crippen molar-refractivity contribution in [2.45, 2.75) is 6.92 Å². The van der Waals surface area contributed by atoms with Crippen LogP contribution in [0.3, 0.4) is 0 Å². The summed E-state index contributed by atoms with van der Waals surface area (Å²) in [4.78, 5) is 10.6. The van der Waals surface area contributed by atoms with Crippen LogP contribution in [0.5, 0.6) is 0 Å². The lowest BCUT2D eigenvalue weighted by molar-refractivity contribution is -0.607. The quantitative estimate of drug-likeness (QED) is 0.444. The lowest BCUT2D eigenvalue weighted by Crippen LogP contribution is -2.36. The Bertz CT molecular complexity index is 296. The van der Waals surface area contributed by atoms with Gasteiger partial charge < -0.3 is 10.9 Å². The van der Waals surface area contributed by atoms with E-state index in [2.05, 4.69) is 0 Å². The van der Waals surface area contributed by atoms with Gasteiger partial charge in [-0.1, -0.05) is 0 Å². The van der Waals surface area contributed by atoms with Gasteiger partial charge in [-0.15, -0.1) is 0 Å². The predicted molar refractivity (Wildman–Crippen MR) is 38.7 cm³/mol. The number of nitrogens with zero attached hydrogens (tertiary/aromatic N) is 1. The second-order valence-corrected chi connectivity index (χ2v) is 2.28. The van der Waals surface area contributed by atoms with Gasteiger partial charge in [0, 0.05) is 12.1 Å². The predicted octanol–water partition coefficient (Wildman–Crippen LogP) is -0.273. The summed E-state index contributed by atoms with van der Waals surface area (Å²) in [6.07, 6.45) is 1.26. The molecule has 1 heterocycles. The highest BCUT2D eigenvalue weighted by Crippen LogP contribution is 1.96. The Morgan fingerprint density at radius 1 is 1.73 bits per heavy atom. The van der Waals surface area contributed by atoms with E-state index in [1.54, 1.807) is 13.0 Å². The van der Waals surface area contributed by atoms with E-state index in [9.17, 15) is 10.0 Å². The third kappa shape index (κ3) is 1.46. The standard InChI is InChI=1S/C7H8N2O2/c1-5-2-3-9(11)6(4-5)7(8)10/h2-4H,1H3,(H2,8,10). The highest BCUT2D eigenvalue weighted by molar-refractivity contribution is 5.89. The molecule has 1 amide bonds. The fourth-order valence-corrected chi connectivity index (χ4v) is 0.773. The van der Waals surface area contributed by atoms with E-state index in [-0.39, 0.29) is 5.69 Å². The molecule has 1 aromatic heterocycles. The van der Waals surface area contributed by atoms with Crippen molar-refractivity contribution in [2.24, 2.45) is 5.73 Å². The van der Waals surface area contributed by atoms with Crippen LogP contribution >= 0.6 is 0 Å². The van der Waals surface area contributed by atoms with E-state index >= 15 is 0 Å². The van der Waals surface area contributed by atoms with Crippen molar-refractivity contribution in [3.63, 3.8) is 0 Å². The Morgan fingerprint density at radius 2 is 2.36 bits per heavy atom.